The van der Waals surface area contributed by atoms with Crippen molar-refractivity contribution in [2.45, 2.75) is 114 Å². The standard InChI is InChI=1S/C41H51N7O9/c1-25-9-3-4-10-29(25)36-46-35(57-47-36)19-18-34(50)44-30-11-5-8-22-42-33(49)17-16-31(39(53)54)45-37(51)32-23-27(24-48(32)38(30)52)43-40(55)41(20-6-7-21-41)26-12-14-28(56-2)15-13-26/h3-4,9-10,12-15,27,30-32H,5-8,11,16-24H2,1-2H3,(H,42,49)(H,43,55)(H,44,50)(H,45,51)(H,53,54)/t27-,30+,31+,32+/m1/s1. The molecule has 0 radical (unpaired) electrons. The second kappa shape index (κ2) is 18.4. The molecular formula is C41H51N7O9. The van der Waals surface area contributed by atoms with Gasteiger partial charge in [0.05, 0.1) is 12.5 Å². The number of fused-ring (bicyclic) bond motifs is 1. The fraction of sp³-hybridized carbons (Fsp3) is 0.512. The van der Waals surface area contributed by atoms with Crippen LogP contribution in [0, 0.1) is 6.92 Å². The SMILES string of the molecule is COc1ccc(C2(C(=O)N[C@@H]3C[C@H]4C(=O)N[C@H](C(=O)O)CCC(=O)NCCCC[C@H](NC(=O)CCc5nc(-c6ccccc6C)no5)C(=O)N4C3)CCCC2)cc1. The number of carbonyl (C=O) groups is 6. The molecule has 3 heterocycles. The van der Waals surface area contributed by atoms with E-state index in [9.17, 15) is 33.9 Å². The lowest BCUT2D eigenvalue weighted by Gasteiger charge is -2.30. The van der Waals surface area contributed by atoms with E-state index in [1.807, 2.05) is 55.5 Å². The average molecular weight is 786 g/mol. The highest BCUT2D eigenvalue weighted by Crippen LogP contribution is 2.42. The van der Waals surface area contributed by atoms with Crippen molar-refractivity contribution in [3.8, 4) is 17.1 Å². The normalized spacial score (nSPS) is 23.0. The zero-order valence-corrected chi connectivity index (χ0v) is 32.4. The molecule has 5 amide bonds. The van der Waals surface area contributed by atoms with Crippen LogP contribution in [0.5, 0.6) is 5.75 Å². The van der Waals surface area contributed by atoms with Crippen LogP contribution in [-0.2, 0) is 40.6 Å². The van der Waals surface area contributed by atoms with Gasteiger partial charge in [-0.3, -0.25) is 24.0 Å². The smallest absolute Gasteiger partial charge is 0.326 e. The summed E-state index contributed by atoms with van der Waals surface area (Å²) in [5.74, 6) is -2.27. The van der Waals surface area contributed by atoms with Gasteiger partial charge in [-0.2, -0.15) is 4.98 Å². The van der Waals surface area contributed by atoms with Gasteiger partial charge in [-0.05, 0) is 75.1 Å². The topological polar surface area (TPSA) is 222 Å². The third-order valence-electron chi connectivity index (χ3n) is 11.3. The quantitative estimate of drug-likeness (QED) is 0.201. The fourth-order valence-electron chi connectivity index (χ4n) is 8.12. The molecule has 5 N–H and O–H groups in total. The molecule has 4 atom stereocenters. The van der Waals surface area contributed by atoms with E-state index in [1.165, 1.54) is 4.90 Å². The summed E-state index contributed by atoms with van der Waals surface area (Å²) in [6.07, 6.45) is 3.93. The Morgan fingerprint density at radius 3 is 2.47 bits per heavy atom. The summed E-state index contributed by atoms with van der Waals surface area (Å²) in [5, 5.41) is 25.3. The van der Waals surface area contributed by atoms with E-state index < -0.39 is 53.3 Å². The minimum Gasteiger partial charge on any atom is -0.497 e. The van der Waals surface area contributed by atoms with Crippen LogP contribution in [0.25, 0.3) is 11.4 Å². The van der Waals surface area contributed by atoms with E-state index in [0.717, 1.165) is 29.5 Å². The molecule has 2 aromatic carbocycles. The van der Waals surface area contributed by atoms with Gasteiger partial charge in [0.2, 0.25) is 41.3 Å². The van der Waals surface area contributed by atoms with Crippen LogP contribution in [0.2, 0.25) is 0 Å². The molecule has 3 aliphatic rings. The Hall–Kier alpha value is -5.80. The minimum absolute atomic E-state index is 0.0237. The first-order valence-electron chi connectivity index (χ1n) is 19.7. The first kappa shape index (κ1) is 40.9. The summed E-state index contributed by atoms with van der Waals surface area (Å²) in [6.45, 7) is 2.19. The molecule has 1 aromatic heterocycles. The number of carboxylic acids is 1. The van der Waals surface area contributed by atoms with E-state index >= 15 is 0 Å². The van der Waals surface area contributed by atoms with Crippen molar-refractivity contribution in [2.24, 2.45) is 0 Å². The van der Waals surface area contributed by atoms with Crippen LogP contribution in [0.15, 0.2) is 53.1 Å². The van der Waals surface area contributed by atoms with Crippen LogP contribution in [-0.4, -0.2) is 100 Å². The maximum atomic E-state index is 14.5. The van der Waals surface area contributed by atoms with Gasteiger partial charge in [0.25, 0.3) is 0 Å². The second-order valence-corrected chi connectivity index (χ2v) is 15.2. The fourth-order valence-corrected chi connectivity index (χ4v) is 8.12. The van der Waals surface area contributed by atoms with Crippen LogP contribution in [0.4, 0.5) is 0 Å². The number of methoxy groups -OCH3 is 1. The molecule has 57 heavy (non-hydrogen) atoms. The zero-order valence-electron chi connectivity index (χ0n) is 32.4. The molecule has 0 bridgehead atoms. The summed E-state index contributed by atoms with van der Waals surface area (Å²) >= 11 is 0. The maximum absolute atomic E-state index is 14.5. The van der Waals surface area contributed by atoms with Crippen LogP contribution >= 0.6 is 0 Å². The average Bonchev–Trinajstić information content (AvgIpc) is 3.99. The van der Waals surface area contributed by atoms with E-state index in [1.54, 1.807) is 7.11 Å². The number of nitrogens with zero attached hydrogens (tertiary/aromatic N) is 3. The number of benzene rings is 2. The largest absolute Gasteiger partial charge is 0.497 e. The Bertz CT molecular complexity index is 1940. The van der Waals surface area contributed by atoms with E-state index in [2.05, 4.69) is 31.4 Å². The molecule has 304 valence electrons. The third kappa shape index (κ3) is 9.78. The van der Waals surface area contributed by atoms with Gasteiger partial charge in [0, 0.05) is 44.0 Å². The highest BCUT2D eigenvalue weighted by Gasteiger charge is 2.47. The van der Waals surface area contributed by atoms with Crippen molar-refractivity contribution in [3.05, 3.63) is 65.5 Å². The minimum atomic E-state index is -1.39. The Labute approximate surface area is 330 Å². The van der Waals surface area contributed by atoms with Gasteiger partial charge in [-0.15, -0.1) is 0 Å². The van der Waals surface area contributed by atoms with Crippen LogP contribution < -0.4 is 26.0 Å². The molecule has 3 fully saturated rings. The van der Waals surface area contributed by atoms with E-state index in [0.29, 0.717) is 37.3 Å². The lowest BCUT2D eigenvalue weighted by molar-refractivity contribution is -0.145. The van der Waals surface area contributed by atoms with Crippen molar-refractivity contribution in [2.75, 3.05) is 20.2 Å². The second-order valence-electron chi connectivity index (χ2n) is 15.2. The summed E-state index contributed by atoms with van der Waals surface area (Å²) < 4.78 is 10.7. The van der Waals surface area contributed by atoms with Gasteiger partial charge in [0.1, 0.15) is 23.9 Å². The van der Waals surface area contributed by atoms with Gasteiger partial charge < -0.3 is 40.5 Å². The zero-order chi connectivity index (χ0) is 40.5. The molecule has 0 spiro atoms. The summed E-state index contributed by atoms with van der Waals surface area (Å²) in [7, 11) is 1.57. The van der Waals surface area contributed by atoms with Gasteiger partial charge >= 0.3 is 5.97 Å². The molecule has 2 aliphatic heterocycles. The Morgan fingerprint density at radius 2 is 1.75 bits per heavy atom. The summed E-state index contributed by atoms with van der Waals surface area (Å²) in [5.41, 5.74) is 1.82. The molecule has 1 aliphatic carbocycles. The maximum Gasteiger partial charge on any atom is 0.326 e. The van der Waals surface area contributed by atoms with E-state index in [-0.39, 0.29) is 69.3 Å². The number of nitrogens with one attached hydrogen (secondary N) is 4. The van der Waals surface area contributed by atoms with E-state index in [4.69, 9.17) is 9.26 Å². The lowest BCUT2D eigenvalue weighted by Crippen LogP contribution is -2.55. The summed E-state index contributed by atoms with van der Waals surface area (Å²) in [6, 6.07) is 10.8. The number of carboxylic acid groups (broad SMARTS) is 1. The number of hydrogen-bond donors (Lipinski definition) is 5. The number of carbonyl (C=O) groups excluding carboxylic acids is 5. The first-order valence-corrected chi connectivity index (χ1v) is 19.7. The van der Waals surface area contributed by atoms with Crippen molar-refractivity contribution >= 4 is 35.5 Å². The molecule has 6 rings (SSSR count). The van der Waals surface area contributed by atoms with Crippen molar-refractivity contribution in [1.29, 1.82) is 0 Å². The number of aromatic nitrogens is 2. The van der Waals surface area contributed by atoms with Gasteiger partial charge in [0.15, 0.2) is 0 Å². The molecule has 2 saturated heterocycles. The summed E-state index contributed by atoms with van der Waals surface area (Å²) in [4.78, 5) is 86.6. The number of rotatable bonds is 10. The Balaban J connectivity index is 1.21. The van der Waals surface area contributed by atoms with Gasteiger partial charge in [-0.1, -0.05) is 54.4 Å². The predicted molar refractivity (Wildman–Crippen MR) is 206 cm³/mol. The lowest BCUT2D eigenvalue weighted by atomic mass is 9.77. The highest BCUT2D eigenvalue weighted by molar-refractivity contribution is 5.95. The third-order valence-corrected chi connectivity index (χ3v) is 11.3. The molecule has 1 saturated carbocycles. The monoisotopic (exact) mass is 785 g/mol. The first-order chi connectivity index (χ1) is 27.5. The van der Waals surface area contributed by atoms with Crippen molar-refractivity contribution < 1.29 is 43.1 Å². The number of aryl methyl sites for hydroxylation is 2. The molecule has 16 heteroatoms. The van der Waals surface area contributed by atoms with Crippen LogP contribution in [0.3, 0.4) is 0 Å². The number of amides is 5. The molecule has 3 aromatic rings. The molecule has 0 unspecified atom stereocenters. The number of hydrogen-bond acceptors (Lipinski definition) is 10. The van der Waals surface area contributed by atoms with Crippen LogP contribution in [0.1, 0.15) is 87.6 Å². The number of aliphatic carboxylic acids is 1. The predicted octanol–water partition coefficient (Wildman–Crippen LogP) is 2.72. The molecule has 16 nitrogen and oxygen atoms in total. The Morgan fingerprint density at radius 1 is 1.00 bits per heavy atom. The van der Waals surface area contributed by atoms with Gasteiger partial charge in [-0.25, -0.2) is 4.79 Å². The Kier molecular flexibility index (Phi) is 13.2. The van der Waals surface area contributed by atoms with Crippen molar-refractivity contribution in [3.63, 3.8) is 0 Å². The molecular weight excluding hydrogens is 734 g/mol. The number of ether oxygens (including phenoxy) is 1. The van der Waals surface area contributed by atoms with Crippen molar-refractivity contribution in [1.82, 2.24) is 36.3 Å². The highest BCUT2D eigenvalue weighted by atomic mass is 16.5.